The summed E-state index contributed by atoms with van der Waals surface area (Å²) < 4.78 is 16.9. The van der Waals surface area contributed by atoms with Crippen molar-refractivity contribution in [2.75, 3.05) is 14.2 Å². The van der Waals surface area contributed by atoms with E-state index >= 15 is 0 Å². The number of aliphatic imine (C=N–C) groups is 1. The molecular formula is C26H21NO3. The number of fused-ring (bicyclic) bond motifs is 3. The van der Waals surface area contributed by atoms with Crippen molar-refractivity contribution in [2.24, 2.45) is 4.99 Å². The normalized spacial score (nSPS) is 15.1. The lowest BCUT2D eigenvalue weighted by atomic mass is 9.92. The molecule has 0 amide bonds. The minimum absolute atomic E-state index is 0.178. The average Bonchev–Trinajstić information content (AvgIpc) is 2.83. The summed E-state index contributed by atoms with van der Waals surface area (Å²) in [4.78, 5) is 5.04. The molecule has 0 saturated carbocycles. The van der Waals surface area contributed by atoms with E-state index in [1.165, 1.54) is 5.39 Å². The fraction of sp³-hybridized carbons (Fsp3) is 0.115. The van der Waals surface area contributed by atoms with Gasteiger partial charge < -0.3 is 14.2 Å². The second-order valence-corrected chi connectivity index (χ2v) is 7.14. The third-order valence-corrected chi connectivity index (χ3v) is 5.43. The first-order valence-electron chi connectivity index (χ1n) is 9.82. The van der Waals surface area contributed by atoms with Crippen molar-refractivity contribution in [3.8, 4) is 17.2 Å². The molecule has 4 heteroatoms. The second kappa shape index (κ2) is 7.56. The molecule has 1 aliphatic rings. The number of nitrogens with zero attached hydrogens (tertiary/aromatic N) is 1. The van der Waals surface area contributed by atoms with E-state index in [9.17, 15) is 0 Å². The van der Waals surface area contributed by atoms with Gasteiger partial charge in [0.2, 0.25) is 5.90 Å². The lowest BCUT2D eigenvalue weighted by molar-refractivity contribution is 0.414. The molecule has 4 aromatic carbocycles. The maximum absolute atomic E-state index is 6.28. The van der Waals surface area contributed by atoms with Gasteiger partial charge in [0, 0.05) is 11.1 Å². The van der Waals surface area contributed by atoms with Gasteiger partial charge in [-0.05, 0) is 58.8 Å². The Morgan fingerprint density at radius 3 is 2.10 bits per heavy atom. The van der Waals surface area contributed by atoms with Crippen molar-refractivity contribution in [1.29, 1.82) is 0 Å². The van der Waals surface area contributed by atoms with E-state index in [0.717, 1.165) is 39.3 Å². The first kappa shape index (κ1) is 18.3. The van der Waals surface area contributed by atoms with Gasteiger partial charge in [-0.15, -0.1) is 0 Å². The number of hydrogen-bond donors (Lipinski definition) is 0. The molecule has 0 fully saturated rings. The van der Waals surface area contributed by atoms with Gasteiger partial charge in [0.1, 0.15) is 23.3 Å². The van der Waals surface area contributed by atoms with Crippen molar-refractivity contribution < 1.29 is 14.2 Å². The molecule has 1 heterocycles. The maximum atomic E-state index is 6.28. The summed E-state index contributed by atoms with van der Waals surface area (Å²) in [7, 11) is 3.33. The lowest BCUT2D eigenvalue weighted by Gasteiger charge is -2.26. The number of rotatable bonds is 4. The van der Waals surface area contributed by atoms with E-state index in [1.54, 1.807) is 14.2 Å². The molecule has 0 aromatic heterocycles. The number of benzene rings is 4. The Bertz CT molecular complexity index is 1230. The molecule has 0 bridgehead atoms. The van der Waals surface area contributed by atoms with Crippen LogP contribution < -0.4 is 14.2 Å². The van der Waals surface area contributed by atoms with Crippen LogP contribution in [0.5, 0.6) is 17.2 Å². The van der Waals surface area contributed by atoms with Crippen molar-refractivity contribution >= 4 is 16.7 Å². The molecule has 0 N–H and O–H groups in total. The van der Waals surface area contributed by atoms with E-state index in [2.05, 4.69) is 36.4 Å². The van der Waals surface area contributed by atoms with E-state index in [-0.39, 0.29) is 6.04 Å². The number of methoxy groups -OCH3 is 2. The van der Waals surface area contributed by atoms with Gasteiger partial charge >= 0.3 is 0 Å². The molecule has 1 atom stereocenters. The van der Waals surface area contributed by atoms with Crippen LogP contribution in [0.1, 0.15) is 22.7 Å². The summed E-state index contributed by atoms with van der Waals surface area (Å²) in [6.45, 7) is 0. The molecule has 0 aliphatic carbocycles. The smallest absolute Gasteiger partial charge is 0.222 e. The zero-order chi connectivity index (χ0) is 20.5. The van der Waals surface area contributed by atoms with Gasteiger partial charge in [0.05, 0.1) is 14.2 Å². The second-order valence-electron chi connectivity index (χ2n) is 7.14. The molecular weight excluding hydrogens is 374 g/mol. The van der Waals surface area contributed by atoms with Crippen molar-refractivity contribution in [3.05, 3.63) is 102 Å². The zero-order valence-electron chi connectivity index (χ0n) is 16.8. The minimum Gasteiger partial charge on any atom is -0.497 e. The molecule has 0 saturated heterocycles. The Labute approximate surface area is 175 Å². The van der Waals surface area contributed by atoms with E-state index in [4.69, 9.17) is 19.2 Å². The van der Waals surface area contributed by atoms with Crippen molar-refractivity contribution in [3.63, 3.8) is 0 Å². The molecule has 148 valence electrons. The van der Waals surface area contributed by atoms with Crippen LogP contribution >= 0.6 is 0 Å². The molecule has 30 heavy (non-hydrogen) atoms. The summed E-state index contributed by atoms with van der Waals surface area (Å²) in [6, 6.07) is 28.1. The third kappa shape index (κ3) is 3.16. The highest BCUT2D eigenvalue weighted by molar-refractivity contribution is 5.99. The largest absolute Gasteiger partial charge is 0.497 e. The molecule has 1 aliphatic heterocycles. The van der Waals surface area contributed by atoms with Crippen LogP contribution in [0, 0.1) is 0 Å². The summed E-state index contributed by atoms with van der Waals surface area (Å²) in [5.41, 5.74) is 3.08. The molecule has 4 aromatic rings. The highest BCUT2D eigenvalue weighted by atomic mass is 16.5. The van der Waals surface area contributed by atoms with Crippen LogP contribution in [-0.4, -0.2) is 20.1 Å². The topological polar surface area (TPSA) is 40.0 Å². The highest BCUT2D eigenvalue weighted by Gasteiger charge is 2.27. The van der Waals surface area contributed by atoms with Crippen LogP contribution in [0.2, 0.25) is 0 Å². The van der Waals surface area contributed by atoms with E-state index in [1.807, 2.05) is 48.5 Å². The van der Waals surface area contributed by atoms with Crippen molar-refractivity contribution in [2.45, 2.75) is 6.04 Å². The Balaban J connectivity index is 1.68. The van der Waals surface area contributed by atoms with Crippen LogP contribution in [0.15, 0.2) is 89.9 Å². The van der Waals surface area contributed by atoms with Crippen LogP contribution in [-0.2, 0) is 0 Å². The van der Waals surface area contributed by atoms with E-state index < -0.39 is 0 Å². The summed E-state index contributed by atoms with van der Waals surface area (Å²) in [5, 5.41) is 2.31. The van der Waals surface area contributed by atoms with Gasteiger partial charge in [-0.2, -0.15) is 0 Å². The Kier molecular flexibility index (Phi) is 4.60. The summed E-state index contributed by atoms with van der Waals surface area (Å²) in [6.07, 6.45) is 0. The Morgan fingerprint density at radius 1 is 0.733 bits per heavy atom. The fourth-order valence-electron chi connectivity index (χ4n) is 3.85. The molecule has 0 radical (unpaired) electrons. The lowest BCUT2D eigenvalue weighted by Crippen LogP contribution is -2.19. The standard InChI is InChI=1S/C26H21NO3/c1-28-20-12-7-18(8-13-20)25-24-22-6-4-3-5-17(22)11-16-23(24)30-26(27-25)19-9-14-21(29-2)15-10-19/h3-16,25H,1-2H3. The SMILES string of the molecule is COc1ccc(C2=NC(c3ccc(OC)cc3)c3c(ccc4ccccc34)O2)cc1. The quantitative estimate of drug-likeness (QED) is 0.439. The Morgan fingerprint density at radius 2 is 1.40 bits per heavy atom. The van der Waals surface area contributed by atoms with Crippen molar-refractivity contribution in [1.82, 2.24) is 0 Å². The summed E-state index contributed by atoms with van der Waals surface area (Å²) in [5.74, 6) is 3.05. The van der Waals surface area contributed by atoms with Crippen LogP contribution in [0.25, 0.3) is 10.8 Å². The van der Waals surface area contributed by atoms with Gasteiger partial charge in [-0.1, -0.05) is 42.5 Å². The highest BCUT2D eigenvalue weighted by Crippen LogP contribution is 2.42. The predicted molar refractivity (Wildman–Crippen MR) is 119 cm³/mol. The van der Waals surface area contributed by atoms with Gasteiger partial charge in [0.25, 0.3) is 0 Å². The van der Waals surface area contributed by atoms with Crippen LogP contribution in [0.3, 0.4) is 0 Å². The molecule has 1 unspecified atom stereocenters. The molecule has 5 rings (SSSR count). The minimum atomic E-state index is -0.178. The van der Waals surface area contributed by atoms with E-state index in [0.29, 0.717) is 5.90 Å². The number of ether oxygens (including phenoxy) is 3. The molecule has 4 nitrogen and oxygen atoms in total. The predicted octanol–water partition coefficient (Wildman–Crippen LogP) is 5.79. The first-order valence-corrected chi connectivity index (χ1v) is 9.82. The number of hydrogen-bond acceptors (Lipinski definition) is 4. The third-order valence-electron chi connectivity index (χ3n) is 5.43. The van der Waals surface area contributed by atoms with Crippen LogP contribution in [0.4, 0.5) is 0 Å². The van der Waals surface area contributed by atoms with Gasteiger partial charge in [-0.3, -0.25) is 0 Å². The average molecular weight is 395 g/mol. The zero-order valence-corrected chi connectivity index (χ0v) is 16.8. The fourth-order valence-corrected chi connectivity index (χ4v) is 3.85. The Hall–Kier alpha value is -3.79. The molecule has 0 spiro atoms. The maximum Gasteiger partial charge on any atom is 0.222 e. The van der Waals surface area contributed by atoms with Gasteiger partial charge in [-0.25, -0.2) is 4.99 Å². The monoisotopic (exact) mass is 395 g/mol. The first-order chi connectivity index (χ1) is 14.8. The summed E-state index contributed by atoms with van der Waals surface area (Å²) >= 11 is 0. The van der Waals surface area contributed by atoms with Gasteiger partial charge in [0.15, 0.2) is 0 Å².